The minimum absolute atomic E-state index is 0.382. The number of rotatable bonds is 4. The SMILES string of the molecule is CC(C)N(Cc1ccccc1)C(=S)c1ccccc1. The Bertz CT molecular complexity index is 519. The second kappa shape index (κ2) is 6.48. The van der Waals surface area contributed by atoms with Gasteiger partial charge in [-0.1, -0.05) is 72.9 Å². The minimum Gasteiger partial charge on any atom is -0.356 e. The Morgan fingerprint density at radius 3 is 2.00 bits per heavy atom. The highest BCUT2D eigenvalue weighted by Crippen LogP contribution is 2.14. The average molecular weight is 269 g/mol. The van der Waals surface area contributed by atoms with Crippen molar-refractivity contribution in [1.29, 1.82) is 0 Å². The Morgan fingerprint density at radius 2 is 1.47 bits per heavy atom. The molecule has 0 heterocycles. The molecule has 98 valence electrons. The second-order valence-electron chi connectivity index (χ2n) is 4.88. The fourth-order valence-electron chi connectivity index (χ4n) is 2.02. The van der Waals surface area contributed by atoms with Gasteiger partial charge in [-0.05, 0) is 19.4 Å². The molecule has 0 N–H and O–H groups in total. The molecule has 0 bridgehead atoms. The van der Waals surface area contributed by atoms with Crippen molar-refractivity contribution in [3.63, 3.8) is 0 Å². The van der Waals surface area contributed by atoms with Crippen LogP contribution in [0, 0.1) is 0 Å². The standard InChI is InChI=1S/C17H19NS/c1-14(2)18(13-15-9-5-3-6-10-15)17(19)16-11-7-4-8-12-16/h3-12,14H,13H2,1-2H3. The summed E-state index contributed by atoms with van der Waals surface area (Å²) < 4.78 is 0. The maximum Gasteiger partial charge on any atom is 0.109 e. The van der Waals surface area contributed by atoms with Crippen molar-refractivity contribution in [3.05, 3.63) is 71.8 Å². The Morgan fingerprint density at radius 1 is 0.947 bits per heavy atom. The van der Waals surface area contributed by atoms with Gasteiger partial charge in [0.15, 0.2) is 0 Å². The molecule has 0 spiro atoms. The highest BCUT2D eigenvalue weighted by Gasteiger charge is 2.15. The van der Waals surface area contributed by atoms with Crippen LogP contribution in [-0.4, -0.2) is 15.9 Å². The van der Waals surface area contributed by atoms with E-state index in [9.17, 15) is 0 Å². The first-order chi connectivity index (χ1) is 9.18. The number of hydrogen-bond donors (Lipinski definition) is 0. The molecule has 0 radical (unpaired) electrons. The molecule has 0 aliphatic rings. The van der Waals surface area contributed by atoms with Crippen molar-refractivity contribution in [1.82, 2.24) is 4.90 Å². The molecule has 0 amide bonds. The molecule has 0 aromatic heterocycles. The molecule has 2 heteroatoms. The van der Waals surface area contributed by atoms with Crippen molar-refractivity contribution in [3.8, 4) is 0 Å². The van der Waals surface area contributed by atoms with E-state index in [-0.39, 0.29) is 0 Å². The van der Waals surface area contributed by atoms with Crippen LogP contribution in [0.4, 0.5) is 0 Å². The summed E-state index contributed by atoms with van der Waals surface area (Å²) in [5.41, 5.74) is 2.40. The third-order valence-corrected chi connectivity index (χ3v) is 3.57. The highest BCUT2D eigenvalue weighted by molar-refractivity contribution is 7.80. The van der Waals surface area contributed by atoms with E-state index in [0.29, 0.717) is 6.04 Å². The zero-order valence-electron chi connectivity index (χ0n) is 11.4. The molecule has 2 aromatic rings. The molecule has 0 atom stereocenters. The summed E-state index contributed by atoms with van der Waals surface area (Å²) in [7, 11) is 0. The lowest BCUT2D eigenvalue weighted by Crippen LogP contribution is -2.35. The molecule has 2 rings (SSSR count). The van der Waals surface area contributed by atoms with Crippen LogP contribution in [0.25, 0.3) is 0 Å². The lowest BCUT2D eigenvalue weighted by molar-refractivity contribution is 0.349. The van der Waals surface area contributed by atoms with Crippen molar-refractivity contribution < 1.29 is 0 Å². The van der Waals surface area contributed by atoms with Gasteiger partial charge in [-0.25, -0.2) is 0 Å². The predicted molar refractivity (Wildman–Crippen MR) is 85.3 cm³/mol. The highest BCUT2D eigenvalue weighted by atomic mass is 32.1. The largest absolute Gasteiger partial charge is 0.356 e. The fourth-order valence-corrected chi connectivity index (χ4v) is 2.43. The van der Waals surface area contributed by atoms with Gasteiger partial charge in [0.25, 0.3) is 0 Å². The van der Waals surface area contributed by atoms with Crippen LogP contribution in [-0.2, 0) is 6.54 Å². The maximum atomic E-state index is 5.64. The van der Waals surface area contributed by atoms with E-state index in [1.54, 1.807) is 0 Å². The van der Waals surface area contributed by atoms with Gasteiger partial charge in [0, 0.05) is 18.2 Å². The Hall–Kier alpha value is -1.67. The van der Waals surface area contributed by atoms with E-state index in [1.807, 2.05) is 24.3 Å². The summed E-state index contributed by atoms with van der Waals surface area (Å²) >= 11 is 5.64. The molecule has 19 heavy (non-hydrogen) atoms. The van der Waals surface area contributed by atoms with E-state index < -0.39 is 0 Å². The van der Waals surface area contributed by atoms with Crippen LogP contribution in [0.1, 0.15) is 25.0 Å². The molecule has 0 aliphatic carbocycles. The lowest BCUT2D eigenvalue weighted by atomic mass is 10.1. The fraction of sp³-hybridized carbons (Fsp3) is 0.235. The van der Waals surface area contributed by atoms with Gasteiger partial charge in [-0.15, -0.1) is 0 Å². The molecule has 0 aliphatic heterocycles. The van der Waals surface area contributed by atoms with Crippen LogP contribution in [0.5, 0.6) is 0 Å². The number of hydrogen-bond acceptors (Lipinski definition) is 1. The van der Waals surface area contributed by atoms with Crippen molar-refractivity contribution >= 4 is 17.2 Å². The summed E-state index contributed by atoms with van der Waals surface area (Å²) in [6.07, 6.45) is 0. The molecular formula is C17H19NS. The number of nitrogens with zero attached hydrogens (tertiary/aromatic N) is 1. The maximum absolute atomic E-state index is 5.64. The predicted octanol–water partition coefficient (Wildman–Crippen LogP) is 4.27. The zero-order valence-corrected chi connectivity index (χ0v) is 12.2. The first-order valence-electron chi connectivity index (χ1n) is 6.58. The van der Waals surface area contributed by atoms with E-state index in [4.69, 9.17) is 12.2 Å². The Kier molecular flexibility index (Phi) is 4.69. The van der Waals surface area contributed by atoms with E-state index in [2.05, 4.69) is 55.1 Å². The normalized spacial score (nSPS) is 10.5. The smallest absolute Gasteiger partial charge is 0.109 e. The summed E-state index contributed by atoms with van der Waals surface area (Å²) in [5.74, 6) is 0. The molecule has 2 aromatic carbocycles. The third-order valence-electron chi connectivity index (χ3n) is 3.10. The van der Waals surface area contributed by atoms with Gasteiger partial charge < -0.3 is 4.90 Å². The monoisotopic (exact) mass is 269 g/mol. The zero-order chi connectivity index (χ0) is 13.7. The Balaban J connectivity index is 2.19. The van der Waals surface area contributed by atoms with Crippen LogP contribution < -0.4 is 0 Å². The topological polar surface area (TPSA) is 3.24 Å². The van der Waals surface area contributed by atoms with Crippen molar-refractivity contribution in [2.24, 2.45) is 0 Å². The quantitative estimate of drug-likeness (QED) is 0.762. The van der Waals surface area contributed by atoms with Gasteiger partial charge in [0.05, 0.1) is 0 Å². The van der Waals surface area contributed by atoms with Crippen LogP contribution >= 0.6 is 12.2 Å². The molecule has 0 saturated carbocycles. The van der Waals surface area contributed by atoms with Gasteiger partial charge in [-0.2, -0.15) is 0 Å². The summed E-state index contributed by atoms with van der Waals surface area (Å²) in [6.45, 7) is 5.21. The van der Waals surface area contributed by atoms with Crippen molar-refractivity contribution in [2.45, 2.75) is 26.4 Å². The van der Waals surface area contributed by atoms with Gasteiger partial charge in [0.1, 0.15) is 4.99 Å². The summed E-state index contributed by atoms with van der Waals surface area (Å²) in [6, 6.07) is 21.1. The average Bonchev–Trinajstić information content (AvgIpc) is 2.46. The minimum atomic E-state index is 0.382. The van der Waals surface area contributed by atoms with Gasteiger partial charge in [0.2, 0.25) is 0 Å². The van der Waals surface area contributed by atoms with Crippen LogP contribution in [0.2, 0.25) is 0 Å². The lowest BCUT2D eigenvalue weighted by Gasteiger charge is -2.29. The van der Waals surface area contributed by atoms with Crippen LogP contribution in [0.3, 0.4) is 0 Å². The second-order valence-corrected chi connectivity index (χ2v) is 5.27. The summed E-state index contributed by atoms with van der Waals surface area (Å²) in [5, 5.41) is 0. The Labute approximate surface area is 120 Å². The number of benzene rings is 2. The van der Waals surface area contributed by atoms with Crippen LogP contribution in [0.15, 0.2) is 60.7 Å². The molecule has 0 unspecified atom stereocenters. The van der Waals surface area contributed by atoms with Crippen molar-refractivity contribution in [2.75, 3.05) is 0 Å². The van der Waals surface area contributed by atoms with E-state index in [0.717, 1.165) is 17.1 Å². The van der Waals surface area contributed by atoms with Gasteiger partial charge >= 0.3 is 0 Å². The number of thiocarbonyl (C=S) groups is 1. The van der Waals surface area contributed by atoms with E-state index in [1.165, 1.54) is 5.56 Å². The molecule has 1 nitrogen and oxygen atoms in total. The first-order valence-corrected chi connectivity index (χ1v) is 6.99. The summed E-state index contributed by atoms with van der Waals surface area (Å²) in [4.78, 5) is 3.18. The molecule has 0 fully saturated rings. The molecular weight excluding hydrogens is 250 g/mol. The van der Waals surface area contributed by atoms with E-state index >= 15 is 0 Å². The third kappa shape index (κ3) is 3.65. The molecule has 0 saturated heterocycles. The first kappa shape index (κ1) is 13.8. The van der Waals surface area contributed by atoms with Gasteiger partial charge in [-0.3, -0.25) is 0 Å².